The first-order chi connectivity index (χ1) is 29.2. The van der Waals surface area contributed by atoms with E-state index < -0.39 is 0 Å². The molecule has 0 saturated carbocycles. The second-order valence-electron chi connectivity index (χ2n) is 14.7. The molecule has 0 aliphatic carbocycles. The van der Waals surface area contributed by atoms with Crippen molar-refractivity contribution >= 4 is 54.8 Å². The van der Waals surface area contributed by atoms with Crippen LogP contribution in [0.5, 0.6) is 0 Å². The third-order valence-electron chi connectivity index (χ3n) is 11.2. The van der Waals surface area contributed by atoms with Crippen LogP contribution < -0.4 is 0 Å². The molecule has 276 valence electrons. The number of hydrogen-bond donors (Lipinski definition) is 0. The van der Waals surface area contributed by atoms with Gasteiger partial charge in [-0.2, -0.15) is 0 Å². The zero-order valence-corrected chi connectivity index (χ0v) is 31.6. The topological polar surface area (TPSA) is 74.6 Å². The maximum absolute atomic E-state index is 6.88. The van der Waals surface area contributed by atoms with Gasteiger partial charge in [0.1, 0.15) is 11.4 Å². The minimum Gasteiger partial charge on any atom is -0.454 e. The average Bonchev–Trinajstić information content (AvgIpc) is 3.99. The van der Waals surface area contributed by atoms with Crippen LogP contribution in [-0.2, 0) is 0 Å². The fourth-order valence-corrected chi connectivity index (χ4v) is 8.45. The van der Waals surface area contributed by atoms with Crippen molar-refractivity contribution in [2.24, 2.45) is 0 Å². The van der Waals surface area contributed by atoms with Gasteiger partial charge in [-0.3, -0.25) is 4.57 Å². The molecule has 0 bridgehead atoms. The van der Waals surface area contributed by atoms with Crippen LogP contribution in [0, 0.1) is 0 Å². The van der Waals surface area contributed by atoms with E-state index in [0.29, 0.717) is 17.5 Å². The number of rotatable bonds is 6. The molecule has 4 aromatic heterocycles. The van der Waals surface area contributed by atoms with Crippen molar-refractivity contribution in [2.75, 3.05) is 0 Å². The summed E-state index contributed by atoms with van der Waals surface area (Å²) in [7, 11) is 0. The molecule has 0 aliphatic heterocycles. The zero-order valence-electron chi connectivity index (χ0n) is 31.6. The summed E-state index contributed by atoms with van der Waals surface area (Å²) < 4.78 is 11.5. The molecule has 12 rings (SSSR count). The number of furan rings is 1. The molecular formula is C52H32N6O. The second-order valence-corrected chi connectivity index (χ2v) is 14.7. The highest BCUT2D eigenvalue weighted by atomic mass is 16.3. The molecule has 7 heteroatoms. The Balaban J connectivity index is 1.08. The molecule has 7 nitrogen and oxygen atoms in total. The van der Waals surface area contributed by atoms with Crippen LogP contribution in [-0.4, -0.2) is 29.1 Å². The van der Waals surface area contributed by atoms with E-state index in [1.165, 1.54) is 0 Å². The van der Waals surface area contributed by atoms with E-state index >= 15 is 0 Å². The highest BCUT2D eigenvalue weighted by Gasteiger charge is 2.22. The molecule has 12 aromatic rings. The third kappa shape index (κ3) is 5.36. The number of nitrogens with zero attached hydrogens (tertiary/aromatic N) is 6. The molecular weight excluding hydrogens is 725 g/mol. The summed E-state index contributed by atoms with van der Waals surface area (Å²) in [5, 5.41) is 4.22. The molecule has 0 fully saturated rings. The average molecular weight is 757 g/mol. The SMILES string of the molecule is c1ccc(-c2nc(-c3ccccc3)nc(-c3ccc4oc5c(ccc6c7cc(-n8c(-c9ccccc9)nc9ccccc98)ccc7n(-c7ccccc7)c65)c4c3)n2)cc1. The van der Waals surface area contributed by atoms with Crippen molar-refractivity contribution in [3.63, 3.8) is 0 Å². The Morgan fingerprint density at radius 3 is 1.64 bits per heavy atom. The third-order valence-corrected chi connectivity index (χ3v) is 11.2. The maximum Gasteiger partial charge on any atom is 0.164 e. The fraction of sp³-hybridized carbons (Fsp3) is 0. The predicted molar refractivity (Wildman–Crippen MR) is 238 cm³/mol. The standard InChI is InChI=1S/C52H32N6O/c1-5-15-33(16-6-1)49-54-50(34-17-7-2-8-18-34)56-51(55-49)36-25-30-46-42(31-36)40-28-27-39-41-32-38(26-29-44(41)57(47(39)48(40)59-46)37-21-11-4-12-22-37)58-45-24-14-13-23-43(45)53-52(58)35-19-9-3-10-20-35/h1-32H. The van der Waals surface area contributed by atoms with E-state index in [9.17, 15) is 0 Å². The first kappa shape index (κ1) is 33.0. The Hall–Kier alpha value is -8.16. The van der Waals surface area contributed by atoms with Crippen LogP contribution in [0.25, 0.3) is 112 Å². The monoisotopic (exact) mass is 756 g/mol. The van der Waals surface area contributed by atoms with Gasteiger partial charge in [0.25, 0.3) is 0 Å². The van der Waals surface area contributed by atoms with Crippen LogP contribution in [0.4, 0.5) is 0 Å². The summed E-state index contributed by atoms with van der Waals surface area (Å²) in [4.78, 5) is 20.1. The van der Waals surface area contributed by atoms with Gasteiger partial charge in [-0.1, -0.05) is 127 Å². The zero-order chi connectivity index (χ0) is 38.9. The van der Waals surface area contributed by atoms with Gasteiger partial charge in [-0.15, -0.1) is 0 Å². The molecule has 0 saturated heterocycles. The lowest BCUT2D eigenvalue weighted by atomic mass is 10.1. The summed E-state index contributed by atoms with van der Waals surface area (Å²) in [5.74, 6) is 2.75. The van der Waals surface area contributed by atoms with Crippen LogP contribution in [0.1, 0.15) is 0 Å². The van der Waals surface area contributed by atoms with Crippen LogP contribution in [0.2, 0.25) is 0 Å². The molecule has 8 aromatic carbocycles. The summed E-state index contributed by atoms with van der Waals surface area (Å²) in [6.45, 7) is 0. The normalized spacial score (nSPS) is 11.7. The summed E-state index contributed by atoms with van der Waals surface area (Å²) in [5.41, 5.74) is 11.6. The number of fused-ring (bicyclic) bond motifs is 8. The van der Waals surface area contributed by atoms with Crippen LogP contribution in [0.3, 0.4) is 0 Å². The number of imidazole rings is 1. The first-order valence-corrected chi connectivity index (χ1v) is 19.6. The lowest BCUT2D eigenvalue weighted by molar-refractivity contribution is 0.671. The lowest BCUT2D eigenvalue weighted by Gasteiger charge is -2.11. The van der Waals surface area contributed by atoms with Gasteiger partial charge >= 0.3 is 0 Å². The van der Waals surface area contributed by atoms with Crippen LogP contribution in [0.15, 0.2) is 199 Å². The van der Waals surface area contributed by atoms with Gasteiger partial charge in [-0.05, 0) is 66.7 Å². The molecule has 0 spiro atoms. The molecule has 59 heavy (non-hydrogen) atoms. The first-order valence-electron chi connectivity index (χ1n) is 19.6. The van der Waals surface area contributed by atoms with E-state index in [0.717, 1.165) is 94.2 Å². The number of benzene rings is 8. The smallest absolute Gasteiger partial charge is 0.164 e. The highest BCUT2D eigenvalue weighted by molar-refractivity contribution is 6.22. The number of aromatic nitrogens is 6. The van der Waals surface area contributed by atoms with Crippen molar-refractivity contribution in [1.29, 1.82) is 0 Å². The van der Waals surface area contributed by atoms with Crippen molar-refractivity contribution in [3.8, 4) is 56.9 Å². The van der Waals surface area contributed by atoms with Crippen LogP contribution >= 0.6 is 0 Å². The molecule has 0 unspecified atom stereocenters. The number of hydrogen-bond acceptors (Lipinski definition) is 5. The Labute approximate surface area is 338 Å². The molecule has 0 atom stereocenters. The number of para-hydroxylation sites is 3. The molecule has 0 N–H and O–H groups in total. The summed E-state index contributed by atoms with van der Waals surface area (Å²) >= 11 is 0. The molecule has 4 heterocycles. The molecule has 0 radical (unpaired) electrons. The summed E-state index contributed by atoms with van der Waals surface area (Å²) in [6.07, 6.45) is 0. The van der Waals surface area contributed by atoms with Gasteiger partial charge < -0.3 is 8.98 Å². The van der Waals surface area contributed by atoms with E-state index in [-0.39, 0.29) is 0 Å². The minimum absolute atomic E-state index is 0.600. The van der Waals surface area contributed by atoms with Gasteiger partial charge in [0.15, 0.2) is 23.1 Å². The van der Waals surface area contributed by atoms with Crippen molar-refractivity contribution in [3.05, 3.63) is 194 Å². The largest absolute Gasteiger partial charge is 0.454 e. The Bertz CT molecular complexity index is 3480. The van der Waals surface area contributed by atoms with Gasteiger partial charge in [0, 0.05) is 55.2 Å². The fourth-order valence-electron chi connectivity index (χ4n) is 8.45. The second kappa shape index (κ2) is 13.2. The van der Waals surface area contributed by atoms with Gasteiger partial charge in [0.2, 0.25) is 0 Å². The summed E-state index contributed by atoms with van der Waals surface area (Å²) in [6, 6.07) is 66.7. The van der Waals surface area contributed by atoms with Crippen molar-refractivity contribution < 1.29 is 4.42 Å². The molecule has 0 aliphatic rings. The quantitative estimate of drug-likeness (QED) is 0.169. The van der Waals surface area contributed by atoms with Gasteiger partial charge in [-0.25, -0.2) is 19.9 Å². The van der Waals surface area contributed by atoms with E-state index in [1.54, 1.807) is 0 Å². The predicted octanol–water partition coefficient (Wildman–Crippen LogP) is 12.9. The Morgan fingerprint density at radius 1 is 0.356 bits per heavy atom. The lowest BCUT2D eigenvalue weighted by Crippen LogP contribution is -2.00. The maximum atomic E-state index is 6.88. The van der Waals surface area contributed by atoms with E-state index in [1.807, 2.05) is 84.9 Å². The van der Waals surface area contributed by atoms with Crippen molar-refractivity contribution in [2.45, 2.75) is 0 Å². The minimum atomic E-state index is 0.600. The van der Waals surface area contributed by atoms with E-state index in [2.05, 4.69) is 118 Å². The van der Waals surface area contributed by atoms with E-state index in [4.69, 9.17) is 24.4 Å². The highest BCUT2D eigenvalue weighted by Crippen LogP contribution is 2.42. The molecule has 0 amide bonds. The van der Waals surface area contributed by atoms with Gasteiger partial charge in [0.05, 0.1) is 22.1 Å². The van der Waals surface area contributed by atoms with Crippen molar-refractivity contribution in [1.82, 2.24) is 29.1 Å². The Kier molecular flexibility index (Phi) is 7.40. The Morgan fingerprint density at radius 2 is 0.949 bits per heavy atom.